The number of hydrogen-bond acceptors (Lipinski definition) is 8. The Hall–Kier alpha value is -3.44. The molecule has 0 atom stereocenters. The van der Waals surface area contributed by atoms with Crippen LogP contribution in [0.2, 0.25) is 0 Å². The number of methoxy groups -OCH3 is 1. The molecule has 0 saturated heterocycles. The number of anilines is 1. The number of benzene rings is 2. The van der Waals surface area contributed by atoms with E-state index in [9.17, 15) is 18.4 Å². The van der Waals surface area contributed by atoms with E-state index in [1.165, 1.54) is 42.7 Å². The molecule has 0 unspecified atom stereocenters. The summed E-state index contributed by atoms with van der Waals surface area (Å²) in [6.45, 7) is 1.56. The lowest BCUT2D eigenvalue weighted by Gasteiger charge is -2.23. The summed E-state index contributed by atoms with van der Waals surface area (Å²) in [4.78, 5) is 16.9. The molecular formula is C25H24ClN3O5S2. The molecule has 188 valence electrons. The predicted octanol–water partition coefficient (Wildman–Crippen LogP) is 4.67. The molecule has 2 aromatic carbocycles. The van der Waals surface area contributed by atoms with Crippen molar-refractivity contribution in [1.29, 1.82) is 0 Å². The van der Waals surface area contributed by atoms with Gasteiger partial charge in [-0.1, -0.05) is 6.07 Å². The number of pyridine rings is 1. The molecule has 0 aliphatic rings. The number of carbonyl (C=O) groups is 1. The number of nitrogens with two attached hydrogens (primary N) is 1. The second kappa shape index (κ2) is 11.1. The third-order valence-corrected chi connectivity index (χ3v) is 8.35. The highest BCUT2D eigenvalue weighted by atomic mass is 35.5. The Labute approximate surface area is 219 Å². The van der Waals surface area contributed by atoms with Crippen LogP contribution in [0.5, 0.6) is 5.75 Å². The number of nitrogen functional groups attached to an aromatic ring is 1. The maximum absolute atomic E-state index is 13.9. The van der Waals surface area contributed by atoms with Crippen molar-refractivity contribution in [2.45, 2.75) is 23.1 Å². The van der Waals surface area contributed by atoms with Gasteiger partial charge in [-0.3, -0.25) is 15.0 Å². The summed E-state index contributed by atoms with van der Waals surface area (Å²) in [5, 5.41) is 13.4. The van der Waals surface area contributed by atoms with E-state index in [1.54, 1.807) is 30.9 Å². The minimum Gasteiger partial charge on any atom is -0.497 e. The van der Waals surface area contributed by atoms with E-state index in [-0.39, 0.29) is 45.4 Å². The maximum atomic E-state index is 13.9. The van der Waals surface area contributed by atoms with Crippen LogP contribution in [0.15, 0.2) is 75.4 Å². The van der Waals surface area contributed by atoms with Gasteiger partial charge < -0.3 is 10.5 Å². The van der Waals surface area contributed by atoms with Gasteiger partial charge in [0.1, 0.15) is 5.75 Å². The van der Waals surface area contributed by atoms with Gasteiger partial charge in [-0.2, -0.15) is 11.3 Å². The second-order valence-corrected chi connectivity index (χ2v) is 10.4. The number of aromatic nitrogens is 1. The molecule has 0 saturated carbocycles. The summed E-state index contributed by atoms with van der Waals surface area (Å²) in [6, 6.07) is 11.3. The first kappa shape index (κ1) is 27.2. The van der Waals surface area contributed by atoms with Crippen molar-refractivity contribution < 1.29 is 23.2 Å². The molecule has 2 aromatic heterocycles. The van der Waals surface area contributed by atoms with Gasteiger partial charge in [0.05, 0.1) is 22.5 Å². The summed E-state index contributed by atoms with van der Waals surface area (Å²) in [6.07, 6.45) is 3.41. The van der Waals surface area contributed by atoms with Crippen LogP contribution in [0, 0.1) is 6.92 Å². The van der Waals surface area contributed by atoms with Crippen LogP contribution in [-0.2, 0) is 16.3 Å². The minimum atomic E-state index is -4.22. The molecular weight excluding hydrogens is 522 g/mol. The van der Waals surface area contributed by atoms with Gasteiger partial charge in [-0.15, -0.1) is 12.4 Å². The first-order valence-corrected chi connectivity index (χ1v) is 12.9. The zero-order chi connectivity index (χ0) is 25.2. The normalized spacial score (nSPS) is 11.0. The smallest absolute Gasteiger partial charge is 0.276 e. The zero-order valence-electron chi connectivity index (χ0n) is 19.4. The van der Waals surface area contributed by atoms with Crippen LogP contribution in [0.25, 0.3) is 11.1 Å². The van der Waals surface area contributed by atoms with Crippen molar-refractivity contribution in [3.8, 4) is 16.9 Å². The maximum Gasteiger partial charge on any atom is 0.276 e. The molecule has 4 N–H and O–H groups in total. The number of hydrogen-bond donors (Lipinski definition) is 3. The van der Waals surface area contributed by atoms with Crippen molar-refractivity contribution in [2.75, 3.05) is 12.8 Å². The molecule has 0 aliphatic heterocycles. The molecule has 2 heterocycles. The lowest BCUT2D eigenvalue weighted by molar-refractivity contribution is 0.0701. The van der Waals surface area contributed by atoms with Gasteiger partial charge in [-0.25, -0.2) is 13.9 Å². The van der Waals surface area contributed by atoms with Crippen molar-refractivity contribution in [3.63, 3.8) is 0 Å². The van der Waals surface area contributed by atoms with E-state index in [2.05, 4.69) is 4.98 Å². The fourth-order valence-electron chi connectivity index (χ4n) is 4.05. The van der Waals surface area contributed by atoms with Crippen LogP contribution >= 0.6 is 23.7 Å². The van der Waals surface area contributed by atoms with E-state index in [1.807, 2.05) is 22.9 Å². The van der Waals surface area contributed by atoms with Crippen LogP contribution in [0.1, 0.15) is 27.0 Å². The number of halogens is 1. The highest BCUT2D eigenvalue weighted by Crippen LogP contribution is 2.42. The van der Waals surface area contributed by atoms with E-state index in [0.29, 0.717) is 16.9 Å². The molecule has 0 spiro atoms. The van der Waals surface area contributed by atoms with Crippen LogP contribution in [-0.4, -0.2) is 31.6 Å². The lowest BCUT2D eigenvalue weighted by atomic mass is 9.88. The highest BCUT2D eigenvalue weighted by molar-refractivity contribution is 7.91. The number of amides is 1. The Balaban J connectivity index is 0.00000361. The fraction of sp³-hybridized carbons (Fsp3) is 0.120. The van der Waals surface area contributed by atoms with Crippen LogP contribution in [0.3, 0.4) is 0 Å². The van der Waals surface area contributed by atoms with E-state index < -0.39 is 15.7 Å². The number of hydroxylamine groups is 1. The average Bonchev–Trinajstić information content (AvgIpc) is 3.40. The Kier molecular flexibility index (Phi) is 8.36. The summed E-state index contributed by atoms with van der Waals surface area (Å²) in [7, 11) is -2.75. The molecule has 4 aromatic rings. The summed E-state index contributed by atoms with van der Waals surface area (Å²) < 4.78 is 32.9. The van der Waals surface area contributed by atoms with Crippen molar-refractivity contribution in [3.05, 3.63) is 87.9 Å². The Morgan fingerprint density at radius 2 is 1.92 bits per heavy atom. The minimum absolute atomic E-state index is 0. The Morgan fingerprint density at radius 3 is 2.47 bits per heavy atom. The molecule has 0 fully saturated rings. The summed E-state index contributed by atoms with van der Waals surface area (Å²) in [5.74, 6) is -0.464. The number of carbonyl (C=O) groups excluding carboxylic acids is 1. The third kappa shape index (κ3) is 4.93. The van der Waals surface area contributed by atoms with Crippen molar-refractivity contribution in [2.24, 2.45) is 0 Å². The zero-order valence-corrected chi connectivity index (χ0v) is 21.8. The number of nitrogens with one attached hydrogen (secondary N) is 1. The molecule has 0 radical (unpaired) electrons. The molecule has 4 rings (SSSR count). The SMILES string of the molecule is COc1ccc(S(=O)(=O)c2c(C)c(N)c(-c3ccsc3)c(Cc3cccnc3)c2C(=O)NO)cc1.Cl. The number of ether oxygens (including phenoxy) is 1. The van der Waals surface area contributed by atoms with Crippen molar-refractivity contribution >= 4 is 45.2 Å². The first-order valence-electron chi connectivity index (χ1n) is 10.5. The van der Waals surface area contributed by atoms with Crippen LogP contribution in [0.4, 0.5) is 5.69 Å². The van der Waals surface area contributed by atoms with Gasteiger partial charge in [0, 0.05) is 30.1 Å². The molecule has 11 heteroatoms. The van der Waals surface area contributed by atoms with Gasteiger partial charge in [0.2, 0.25) is 9.84 Å². The fourth-order valence-corrected chi connectivity index (χ4v) is 6.42. The van der Waals surface area contributed by atoms with E-state index in [4.69, 9.17) is 10.5 Å². The first-order chi connectivity index (χ1) is 16.8. The predicted molar refractivity (Wildman–Crippen MR) is 141 cm³/mol. The molecule has 0 aliphatic carbocycles. The average molecular weight is 546 g/mol. The van der Waals surface area contributed by atoms with Crippen LogP contribution < -0.4 is 16.0 Å². The topological polar surface area (TPSA) is 132 Å². The van der Waals surface area contributed by atoms with Crippen molar-refractivity contribution in [1.82, 2.24) is 10.5 Å². The summed E-state index contributed by atoms with van der Waals surface area (Å²) in [5.41, 5.74) is 10.9. The van der Waals surface area contributed by atoms with Gasteiger partial charge in [0.25, 0.3) is 5.91 Å². The number of sulfone groups is 1. The monoisotopic (exact) mass is 545 g/mol. The number of thiophene rings is 1. The van der Waals surface area contributed by atoms with Gasteiger partial charge >= 0.3 is 0 Å². The standard InChI is InChI=1S/C25H23N3O5S2.ClH/c1-15-23(26)21(17-9-11-34-14-17)20(12-16-4-3-10-27-13-16)22(25(29)28-30)24(15)35(31,32)19-7-5-18(33-2)6-8-19;/h3-11,13-14,30H,12,26H2,1-2H3,(H,28,29);1H. The quantitative estimate of drug-likeness (QED) is 0.174. The summed E-state index contributed by atoms with van der Waals surface area (Å²) >= 11 is 1.45. The van der Waals surface area contributed by atoms with Gasteiger partial charge in [0.15, 0.2) is 0 Å². The largest absolute Gasteiger partial charge is 0.497 e. The number of nitrogens with zero attached hydrogens (tertiary/aromatic N) is 1. The number of rotatable bonds is 7. The highest BCUT2D eigenvalue weighted by Gasteiger charge is 2.33. The van der Waals surface area contributed by atoms with E-state index >= 15 is 0 Å². The molecule has 8 nitrogen and oxygen atoms in total. The Bertz CT molecular complexity index is 1470. The third-order valence-electron chi connectivity index (χ3n) is 5.73. The molecule has 36 heavy (non-hydrogen) atoms. The molecule has 0 bridgehead atoms. The molecule has 1 amide bonds. The lowest BCUT2D eigenvalue weighted by Crippen LogP contribution is -2.26. The van der Waals surface area contributed by atoms with E-state index in [0.717, 1.165) is 11.1 Å². The van der Waals surface area contributed by atoms with Gasteiger partial charge in [-0.05, 0) is 76.3 Å². The second-order valence-electron chi connectivity index (χ2n) is 7.77. The Morgan fingerprint density at radius 1 is 1.19 bits per heavy atom.